The number of aryl methyl sites for hydroxylation is 2. The maximum atomic E-state index is 5.76. The molecule has 6 heteroatoms. The van der Waals surface area contributed by atoms with Crippen LogP contribution in [-0.4, -0.2) is 21.1 Å². The number of thiophene rings is 1. The molecule has 3 heterocycles. The quantitative estimate of drug-likeness (QED) is 0.205. The minimum atomic E-state index is 0.190. The highest BCUT2D eigenvalue weighted by Crippen LogP contribution is 2.42. The highest BCUT2D eigenvalue weighted by molar-refractivity contribution is 7.98. The van der Waals surface area contributed by atoms with Gasteiger partial charge in [-0.15, -0.1) is 23.1 Å². The number of fused-ring (bicyclic) bond motifs is 5. The Bertz CT molecular complexity index is 1250. The molecule has 0 radical (unpaired) electrons. The van der Waals surface area contributed by atoms with Crippen molar-refractivity contribution in [3.05, 3.63) is 53.0 Å². The lowest BCUT2D eigenvalue weighted by Gasteiger charge is -2.10. The van der Waals surface area contributed by atoms with E-state index >= 15 is 0 Å². The first-order valence-corrected chi connectivity index (χ1v) is 13.4. The molecule has 32 heavy (non-hydrogen) atoms. The number of ether oxygens (including phenoxy) is 1. The average molecular weight is 464 g/mol. The molecule has 0 spiro atoms. The number of rotatable bonds is 8. The first-order chi connectivity index (χ1) is 15.6. The van der Waals surface area contributed by atoms with Crippen LogP contribution < -0.4 is 4.74 Å². The maximum Gasteiger partial charge on any atom is 0.126 e. The summed E-state index contributed by atoms with van der Waals surface area (Å²) >= 11 is 3.55. The highest BCUT2D eigenvalue weighted by Gasteiger charge is 2.24. The fourth-order valence-electron chi connectivity index (χ4n) is 4.50. The van der Waals surface area contributed by atoms with E-state index in [0.29, 0.717) is 0 Å². The Labute approximate surface area is 197 Å². The van der Waals surface area contributed by atoms with Gasteiger partial charge in [-0.25, -0.2) is 15.0 Å². The second kappa shape index (κ2) is 9.36. The van der Waals surface area contributed by atoms with Gasteiger partial charge in [0.15, 0.2) is 0 Å². The summed E-state index contributed by atoms with van der Waals surface area (Å²) in [5, 5.41) is 2.35. The van der Waals surface area contributed by atoms with Crippen LogP contribution in [0.25, 0.3) is 20.4 Å². The Balaban J connectivity index is 1.46. The fraction of sp³-hybridized carbons (Fsp3) is 0.423. The van der Waals surface area contributed by atoms with Gasteiger partial charge >= 0.3 is 0 Å². The molecule has 0 aliphatic heterocycles. The van der Waals surface area contributed by atoms with Gasteiger partial charge in [-0.05, 0) is 74.8 Å². The molecule has 0 unspecified atom stereocenters. The van der Waals surface area contributed by atoms with Crippen molar-refractivity contribution in [2.75, 3.05) is 0 Å². The van der Waals surface area contributed by atoms with Crippen molar-refractivity contribution in [2.24, 2.45) is 0 Å². The largest absolute Gasteiger partial charge is 0.491 e. The van der Waals surface area contributed by atoms with E-state index in [2.05, 4.69) is 36.2 Å². The number of hydrogen-bond acceptors (Lipinski definition) is 6. The smallest absolute Gasteiger partial charge is 0.126 e. The molecule has 0 N–H and O–H groups in total. The van der Waals surface area contributed by atoms with Crippen molar-refractivity contribution in [1.29, 1.82) is 0 Å². The van der Waals surface area contributed by atoms with E-state index < -0.39 is 0 Å². The van der Waals surface area contributed by atoms with E-state index in [4.69, 9.17) is 14.7 Å². The zero-order valence-corrected chi connectivity index (χ0v) is 20.6. The minimum Gasteiger partial charge on any atom is -0.491 e. The Kier molecular flexibility index (Phi) is 6.33. The van der Waals surface area contributed by atoms with E-state index in [1.165, 1.54) is 51.7 Å². The average Bonchev–Trinajstić information content (AvgIpc) is 3.41. The zero-order chi connectivity index (χ0) is 22.1. The summed E-state index contributed by atoms with van der Waals surface area (Å²) < 4.78 is 6.94. The number of aromatic nitrogens is 3. The van der Waals surface area contributed by atoms with Crippen LogP contribution in [0.15, 0.2) is 35.6 Å². The molecule has 0 atom stereocenters. The van der Waals surface area contributed by atoms with Gasteiger partial charge in [0.1, 0.15) is 21.9 Å². The summed E-state index contributed by atoms with van der Waals surface area (Å²) in [6.07, 6.45) is 8.96. The van der Waals surface area contributed by atoms with Crippen LogP contribution in [0.3, 0.4) is 0 Å². The third-order valence-corrected chi connectivity index (χ3v) is 8.23. The summed E-state index contributed by atoms with van der Waals surface area (Å²) in [6.45, 7) is 6.35. The van der Waals surface area contributed by atoms with Gasteiger partial charge in [0.25, 0.3) is 0 Å². The Morgan fingerprint density at radius 2 is 1.91 bits per heavy atom. The van der Waals surface area contributed by atoms with Crippen LogP contribution in [0.5, 0.6) is 5.75 Å². The van der Waals surface area contributed by atoms with Crippen molar-refractivity contribution < 1.29 is 4.74 Å². The van der Waals surface area contributed by atoms with E-state index in [0.717, 1.165) is 46.1 Å². The van der Waals surface area contributed by atoms with Gasteiger partial charge in [-0.3, -0.25) is 0 Å². The SMILES string of the molecule is CCCCc1nc2sc3c(SCc4ccc(OC(C)C)cc4)ncnc3c2c2c1CCC2. The first-order valence-electron chi connectivity index (χ1n) is 11.6. The molecule has 1 aliphatic carbocycles. The molecule has 0 amide bonds. The molecule has 1 aromatic carbocycles. The lowest BCUT2D eigenvalue weighted by atomic mass is 10.0. The second-order valence-electron chi connectivity index (χ2n) is 8.71. The van der Waals surface area contributed by atoms with Crippen molar-refractivity contribution in [3.8, 4) is 5.75 Å². The van der Waals surface area contributed by atoms with Gasteiger partial charge in [-0.1, -0.05) is 25.5 Å². The maximum absolute atomic E-state index is 5.76. The predicted octanol–water partition coefficient (Wildman–Crippen LogP) is 7.15. The number of nitrogens with zero attached hydrogens (tertiary/aromatic N) is 3. The number of unbranched alkanes of at least 4 members (excludes halogenated alkanes) is 1. The lowest BCUT2D eigenvalue weighted by molar-refractivity contribution is 0.242. The molecule has 4 aromatic rings. The minimum absolute atomic E-state index is 0.190. The van der Waals surface area contributed by atoms with E-state index in [-0.39, 0.29) is 6.10 Å². The second-order valence-corrected chi connectivity index (χ2v) is 10.7. The predicted molar refractivity (Wildman–Crippen MR) is 135 cm³/mol. The molecular weight excluding hydrogens is 434 g/mol. The first kappa shape index (κ1) is 21.7. The molecule has 4 nitrogen and oxygen atoms in total. The Morgan fingerprint density at radius 3 is 2.69 bits per heavy atom. The number of thioether (sulfide) groups is 1. The zero-order valence-electron chi connectivity index (χ0n) is 19.0. The molecule has 0 fully saturated rings. The normalized spacial score (nSPS) is 13.4. The molecule has 0 saturated carbocycles. The summed E-state index contributed by atoms with van der Waals surface area (Å²) in [5.41, 5.74) is 6.69. The summed E-state index contributed by atoms with van der Waals surface area (Å²) in [4.78, 5) is 15.7. The van der Waals surface area contributed by atoms with E-state index in [1.807, 2.05) is 13.8 Å². The van der Waals surface area contributed by atoms with Crippen LogP contribution in [0.2, 0.25) is 0 Å². The molecule has 1 aliphatic rings. The monoisotopic (exact) mass is 463 g/mol. The topological polar surface area (TPSA) is 47.9 Å². The van der Waals surface area contributed by atoms with E-state index in [9.17, 15) is 0 Å². The van der Waals surface area contributed by atoms with Crippen molar-refractivity contribution >= 4 is 43.5 Å². The molecule has 5 rings (SSSR count). The van der Waals surface area contributed by atoms with Crippen LogP contribution in [0.1, 0.15) is 62.4 Å². The summed E-state index contributed by atoms with van der Waals surface area (Å²) in [7, 11) is 0. The third-order valence-electron chi connectivity index (χ3n) is 5.96. The molecule has 3 aromatic heterocycles. The fourth-order valence-corrected chi connectivity index (χ4v) is 6.71. The van der Waals surface area contributed by atoms with Crippen molar-refractivity contribution in [1.82, 2.24) is 15.0 Å². The Morgan fingerprint density at radius 1 is 1.09 bits per heavy atom. The van der Waals surface area contributed by atoms with E-state index in [1.54, 1.807) is 29.4 Å². The summed E-state index contributed by atoms with van der Waals surface area (Å²) in [5.74, 6) is 1.79. The van der Waals surface area contributed by atoms with Crippen LogP contribution in [0.4, 0.5) is 0 Å². The van der Waals surface area contributed by atoms with Crippen LogP contribution >= 0.6 is 23.1 Å². The molecule has 0 bridgehead atoms. The molecule has 0 saturated heterocycles. The lowest BCUT2D eigenvalue weighted by Crippen LogP contribution is -2.05. The number of benzene rings is 1. The van der Waals surface area contributed by atoms with Gasteiger partial charge in [0, 0.05) is 16.8 Å². The number of hydrogen-bond donors (Lipinski definition) is 0. The van der Waals surface area contributed by atoms with Gasteiger partial charge in [0.2, 0.25) is 0 Å². The highest BCUT2D eigenvalue weighted by atomic mass is 32.2. The number of pyridine rings is 1. The van der Waals surface area contributed by atoms with Crippen molar-refractivity contribution in [3.63, 3.8) is 0 Å². The Hall–Kier alpha value is -2.18. The van der Waals surface area contributed by atoms with Gasteiger partial charge in [-0.2, -0.15) is 0 Å². The van der Waals surface area contributed by atoms with Crippen LogP contribution in [-0.2, 0) is 25.0 Å². The summed E-state index contributed by atoms with van der Waals surface area (Å²) in [6, 6.07) is 8.39. The van der Waals surface area contributed by atoms with Crippen LogP contribution in [0, 0.1) is 0 Å². The molecule has 166 valence electrons. The van der Waals surface area contributed by atoms with Gasteiger partial charge in [0.05, 0.1) is 16.3 Å². The molecular formula is C26H29N3OS2. The third kappa shape index (κ3) is 4.23. The standard InChI is InChI=1S/C26H29N3OS2/c1-4-5-9-21-19-7-6-8-20(19)22-23-24(32-25(22)29-21)26(28-15-27-23)31-14-17-10-12-18(13-11-17)30-16(2)3/h10-13,15-16H,4-9,14H2,1-3H3. The van der Waals surface area contributed by atoms with Gasteiger partial charge < -0.3 is 4.74 Å². The van der Waals surface area contributed by atoms with Crippen molar-refractivity contribution in [2.45, 2.75) is 76.2 Å².